The molecule has 0 amide bonds. The lowest BCUT2D eigenvalue weighted by molar-refractivity contribution is -0.138. The van der Waals surface area contributed by atoms with Crippen molar-refractivity contribution in [3.63, 3.8) is 0 Å². The summed E-state index contributed by atoms with van der Waals surface area (Å²) in [5, 5.41) is 9.53. The van der Waals surface area contributed by atoms with Crippen LogP contribution in [-0.2, 0) is 11.2 Å². The van der Waals surface area contributed by atoms with Gasteiger partial charge in [-0.1, -0.05) is 55.8 Å². The van der Waals surface area contributed by atoms with Crippen molar-refractivity contribution in [2.75, 3.05) is 6.61 Å². The maximum atomic E-state index is 11.6. The normalized spacial score (nSPS) is 12.2. The van der Waals surface area contributed by atoms with Crippen molar-refractivity contribution in [1.29, 1.82) is 0 Å². The zero-order valence-corrected chi connectivity index (χ0v) is 14.0. The molecule has 0 saturated carbocycles. The molecule has 0 fully saturated rings. The Morgan fingerprint density at radius 3 is 2.17 bits per heavy atom. The molecule has 3 nitrogen and oxygen atoms in total. The van der Waals surface area contributed by atoms with Crippen molar-refractivity contribution >= 4 is 5.97 Å². The first-order valence-corrected chi connectivity index (χ1v) is 7.97. The molecule has 1 atom stereocenters. The molecular weight excluding hydrogens is 288 g/mol. The summed E-state index contributed by atoms with van der Waals surface area (Å²) >= 11 is 0. The molecule has 23 heavy (non-hydrogen) atoms. The third-order valence-corrected chi connectivity index (χ3v) is 3.72. The molecule has 0 heterocycles. The van der Waals surface area contributed by atoms with Gasteiger partial charge in [-0.05, 0) is 42.5 Å². The third kappa shape index (κ3) is 5.13. The van der Waals surface area contributed by atoms with Crippen LogP contribution < -0.4 is 4.74 Å². The van der Waals surface area contributed by atoms with Gasteiger partial charge in [0.15, 0.2) is 0 Å². The van der Waals surface area contributed by atoms with E-state index < -0.39 is 11.9 Å². The Morgan fingerprint density at radius 2 is 1.65 bits per heavy atom. The van der Waals surface area contributed by atoms with Crippen molar-refractivity contribution in [3.8, 4) is 5.75 Å². The van der Waals surface area contributed by atoms with E-state index in [9.17, 15) is 9.90 Å². The SMILES string of the molecule is Cc1ccc(C(Cc2ccc(OCC(C)C)cc2)C(=O)O)cc1. The largest absolute Gasteiger partial charge is 0.493 e. The molecule has 0 aliphatic heterocycles. The molecule has 0 aliphatic rings. The summed E-state index contributed by atoms with van der Waals surface area (Å²) in [7, 11) is 0. The number of aliphatic carboxylic acids is 1. The van der Waals surface area contributed by atoms with E-state index in [0.29, 0.717) is 18.9 Å². The van der Waals surface area contributed by atoms with Crippen LogP contribution in [-0.4, -0.2) is 17.7 Å². The second-order valence-electron chi connectivity index (χ2n) is 6.35. The summed E-state index contributed by atoms with van der Waals surface area (Å²) in [5.74, 6) is -0.0238. The van der Waals surface area contributed by atoms with E-state index in [0.717, 1.165) is 22.4 Å². The van der Waals surface area contributed by atoms with E-state index in [1.807, 2.05) is 55.5 Å². The van der Waals surface area contributed by atoms with Crippen molar-refractivity contribution in [1.82, 2.24) is 0 Å². The minimum Gasteiger partial charge on any atom is -0.493 e. The Hall–Kier alpha value is -2.29. The summed E-state index contributed by atoms with van der Waals surface area (Å²) in [5.41, 5.74) is 2.96. The molecule has 2 aromatic rings. The highest BCUT2D eigenvalue weighted by Gasteiger charge is 2.20. The van der Waals surface area contributed by atoms with Gasteiger partial charge in [0, 0.05) is 0 Å². The van der Waals surface area contributed by atoms with Crippen molar-refractivity contribution in [2.45, 2.75) is 33.1 Å². The molecule has 1 N–H and O–H groups in total. The van der Waals surface area contributed by atoms with Gasteiger partial charge in [-0.3, -0.25) is 4.79 Å². The molecule has 0 bridgehead atoms. The fourth-order valence-electron chi connectivity index (χ4n) is 2.37. The maximum Gasteiger partial charge on any atom is 0.311 e. The van der Waals surface area contributed by atoms with Crippen LogP contribution in [0.5, 0.6) is 5.75 Å². The van der Waals surface area contributed by atoms with Crippen LogP contribution >= 0.6 is 0 Å². The number of rotatable bonds is 7. The molecule has 0 aliphatic carbocycles. The minimum absolute atomic E-state index is 0.475. The van der Waals surface area contributed by atoms with Crippen molar-refractivity contribution in [2.24, 2.45) is 5.92 Å². The van der Waals surface area contributed by atoms with Crippen LogP contribution in [0.4, 0.5) is 0 Å². The number of carboxylic acid groups (broad SMARTS) is 1. The standard InChI is InChI=1S/C20H24O3/c1-14(2)13-23-18-10-6-16(7-11-18)12-19(20(21)22)17-8-4-15(3)5-9-17/h4-11,14,19H,12-13H2,1-3H3,(H,21,22). The second kappa shape index (κ2) is 7.82. The van der Waals surface area contributed by atoms with Gasteiger partial charge in [0.05, 0.1) is 12.5 Å². The number of carbonyl (C=O) groups is 1. The Labute approximate surface area is 137 Å². The zero-order chi connectivity index (χ0) is 16.8. The summed E-state index contributed by atoms with van der Waals surface area (Å²) in [6.07, 6.45) is 0.475. The second-order valence-corrected chi connectivity index (χ2v) is 6.35. The van der Waals surface area contributed by atoms with Gasteiger partial charge in [0.25, 0.3) is 0 Å². The summed E-state index contributed by atoms with van der Waals surface area (Å²) in [6.45, 7) is 6.89. The first-order chi connectivity index (χ1) is 11.0. The highest BCUT2D eigenvalue weighted by molar-refractivity contribution is 5.76. The van der Waals surface area contributed by atoms with Gasteiger partial charge in [0.2, 0.25) is 0 Å². The van der Waals surface area contributed by atoms with Gasteiger partial charge in [0.1, 0.15) is 5.75 Å². The lowest BCUT2D eigenvalue weighted by Crippen LogP contribution is -2.14. The number of carboxylic acids is 1. The molecule has 0 saturated heterocycles. The fraction of sp³-hybridized carbons (Fsp3) is 0.350. The first kappa shape index (κ1) is 17.1. The van der Waals surface area contributed by atoms with E-state index in [1.165, 1.54) is 0 Å². The number of benzene rings is 2. The number of aryl methyl sites for hydroxylation is 1. The van der Waals surface area contributed by atoms with E-state index in [1.54, 1.807) is 0 Å². The molecule has 0 aromatic heterocycles. The Morgan fingerprint density at radius 1 is 1.04 bits per heavy atom. The zero-order valence-electron chi connectivity index (χ0n) is 14.0. The van der Waals surface area contributed by atoms with E-state index in [4.69, 9.17) is 4.74 Å². The Kier molecular flexibility index (Phi) is 5.80. The summed E-state index contributed by atoms with van der Waals surface area (Å²) in [4.78, 5) is 11.6. The average Bonchev–Trinajstić information content (AvgIpc) is 2.52. The van der Waals surface area contributed by atoms with Crippen LogP contribution in [0.3, 0.4) is 0 Å². The Balaban J connectivity index is 2.08. The summed E-state index contributed by atoms with van der Waals surface area (Å²) < 4.78 is 5.66. The highest BCUT2D eigenvalue weighted by atomic mass is 16.5. The summed E-state index contributed by atoms with van der Waals surface area (Å²) in [6, 6.07) is 15.4. The average molecular weight is 312 g/mol. The smallest absolute Gasteiger partial charge is 0.311 e. The van der Waals surface area contributed by atoms with E-state index >= 15 is 0 Å². The first-order valence-electron chi connectivity index (χ1n) is 7.97. The number of ether oxygens (including phenoxy) is 1. The maximum absolute atomic E-state index is 11.6. The van der Waals surface area contributed by atoms with E-state index in [-0.39, 0.29) is 0 Å². The van der Waals surface area contributed by atoms with Crippen LogP contribution in [0.15, 0.2) is 48.5 Å². The molecule has 0 spiro atoms. The number of hydrogen-bond acceptors (Lipinski definition) is 2. The van der Waals surface area contributed by atoms with Gasteiger partial charge >= 0.3 is 5.97 Å². The van der Waals surface area contributed by atoms with Crippen LogP contribution in [0.25, 0.3) is 0 Å². The lowest BCUT2D eigenvalue weighted by Gasteiger charge is -2.14. The topological polar surface area (TPSA) is 46.5 Å². The highest BCUT2D eigenvalue weighted by Crippen LogP contribution is 2.23. The van der Waals surface area contributed by atoms with Crippen LogP contribution in [0, 0.1) is 12.8 Å². The molecule has 3 heteroatoms. The third-order valence-electron chi connectivity index (χ3n) is 3.72. The van der Waals surface area contributed by atoms with Gasteiger partial charge in [-0.2, -0.15) is 0 Å². The van der Waals surface area contributed by atoms with E-state index in [2.05, 4.69) is 13.8 Å². The molecule has 0 radical (unpaired) electrons. The van der Waals surface area contributed by atoms with Crippen LogP contribution in [0.2, 0.25) is 0 Å². The predicted octanol–water partition coefficient (Wildman–Crippen LogP) is 4.44. The molecule has 1 unspecified atom stereocenters. The van der Waals surface area contributed by atoms with Gasteiger partial charge in [-0.25, -0.2) is 0 Å². The van der Waals surface area contributed by atoms with Crippen LogP contribution in [0.1, 0.15) is 36.5 Å². The lowest BCUT2D eigenvalue weighted by atomic mass is 9.91. The predicted molar refractivity (Wildman–Crippen MR) is 92.0 cm³/mol. The van der Waals surface area contributed by atoms with Crippen molar-refractivity contribution in [3.05, 3.63) is 65.2 Å². The van der Waals surface area contributed by atoms with Gasteiger partial charge < -0.3 is 9.84 Å². The molecule has 2 aromatic carbocycles. The quantitative estimate of drug-likeness (QED) is 0.822. The number of hydrogen-bond donors (Lipinski definition) is 1. The van der Waals surface area contributed by atoms with Gasteiger partial charge in [-0.15, -0.1) is 0 Å². The molecule has 2 rings (SSSR count). The molecule has 122 valence electrons. The Bertz CT molecular complexity index is 627. The molecular formula is C20H24O3. The van der Waals surface area contributed by atoms with Crippen molar-refractivity contribution < 1.29 is 14.6 Å². The minimum atomic E-state index is -0.797. The fourth-order valence-corrected chi connectivity index (χ4v) is 2.37. The monoisotopic (exact) mass is 312 g/mol.